The number of aromatic nitrogens is 6. The number of nitrogens with zero attached hydrogens (tertiary/aromatic N) is 9. The third-order valence-electron chi connectivity index (χ3n) is 26.1. The first-order chi connectivity index (χ1) is 67.9. The number of hydrogen-bond donors (Lipinski definition) is 0. The molecule has 137 heavy (non-hydrogen) atoms. The van der Waals surface area contributed by atoms with Crippen LogP contribution in [0.2, 0.25) is 0 Å². The number of benzene rings is 21. The fourth-order valence-electron chi connectivity index (χ4n) is 19.6. The van der Waals surface area contributed by atoms with E-state index in [9.17, 15) is 0 Å². The Morgan fingerprint density at radius 2 is 0.423 bits per heavy atom. The molecule has 0 aliphatic carbocycles. The quantitative estimate of drug-likeness (QED) is 0.0936. The Morgan fingerprint density at radius 1 is 0.168 bits per heavy atom. The van der Waals surface area contributed by atoms with E-state index in [1.165, 1.54) is 98.1 Å². The summed E-state index contributed by atoms with van der Waals surface area (Å²) in [6.45, 7) is 0. The van der Waals surface area contributed by atoms with Gasteiger partial charge in [-0.3, -0.25) is 0 Å². The lowest BCUT2D eigenvalue weighted by Crippen LogP contribution is -2.10. The molecule has 0 fully saturated rings. The molecule has 0 radical (unpaired) electrons. The van der Waals surface area contributed by atoms with E-state index in [0.717, 1.165) is 118 Å². The summed E-state index contributed by atoms with van der Waals surface area (Å²) in [4.78, 5) is 21.0. The number of fused-ring (bicyclic) bond motifs is 14. The largest absolute Gasteiger partial charge is 0.436 e. The van der Waals surface area contributed by atoms with E-state index < -0.39 is 0 Å². The molecule has 21 aromatic carbocycles. The third-order valence-corrected chi connectivity index (χ3v) is 26.1. The Morgan fingerprint density at radius 3 is 0.781 bits per heavy atom. The van der Waals surface area contributed by atoms with Crippen LogP contribution in [0.3, 0.4) is 0 Å². The molecule has 0 spiro atoms. The molecule has 12 nitrogen and oxygen atoms in total. The maximum Gasteiger partial charge on any atom is 0.227 e. The van der Waals surface area contributed by atoms with Crippen LogP contribution in [0.5, 0.6) is 0 Å². The highest BCUT2D eigenvalue weighted by Crippen LogP contribution is 2.46. The molecular formula is C125H83N9O3. The maximum atomic E-state index is 6.06. The van der Waals surface area contributed by atoms with Crippen molar-refractivity contribution >= 4 is 171 Å². The molecule has 0 aliphatic heterocycles. The minimum absolute atomic E-state index is 0.618. The van der Waals surface area contributed by atoms with E-state index in [1.807, 2.05) is 78.9 Å². The molecule has 0 aliphatic rings. The summed E-state index contributed by atoms with van der Waals surface area (Å²) < 4.78 is 25.2. The molecule has 646 valence electrons. The van der Waals surface area contributed by atoms with Crippen LogP contribution in [0, 0.1) is 0 Å². The van der Waals surface area contributed by atoms with E-state index in [4.69, 9.17) is 28.2 Å². The summed E-state index contributed by atoms with van der Waals surface area (Å²) in [5.74, 6) is 1.86. The number of hydrogen-bond acceptors (Lipinski definition) is 9. The number of anilines is 9. The molecule has 0 unspecified atom stereocenters. The second-order valence-corrected chi connectivity index (χ2v) is 34.2. The van der Waals surface area contributed by atoms with E-state index >= 15 is 0 Å². The van der Waals surface area contributed by atoms with Crippen LogP contribution < -0.4 is 14.7 Å². The van der Waals surface area contributed by atoms with Gasteiger partial charge in [-0.2, -0.15) is 0 Å². The van der Waals surface area contributed by atoms with Gasteiger partial charge >= 0.3 is 0 Å². The van der Waals surface area contributed by atoms with Gasteiger partial charge < -0.3 is 41.7 Å². The summed E-state index contributed by atoms with van der Waals surface area (Å²) in [5.41, 5.74) is 30.4. The maximum absolute atomic E-state index is 6.06. The smallest absolute Gasteiger partial charge is 0.227 e. The van der Waals surface area contributed by atoms with Gasteiger partial charge in [0.15, 0.2) is 16.7 Å². The first kappa shape index (κ1) is 80.4. The van der Waals surface area contributed by atoms with Crippen LogP contribution in [0.4, 0.5) is 51.2 Å². The average molecular weight is 1760 g/mol. The molecule has 0 atom stereocenters. The summed E-state index contributed by atoms with van der Waals surface area (Å²) in [7, 11) is 0. The first-order valence-corrected chi connectivity index (χ1v) is 46.1. The summed E-state index contributed by atoms with van der Waals surface area (Å²) in [6.07, 6.45) is 0. The summed E-state index contributed by atoms with van der Waals surface area (Å²) in [6, 6.07) is 177. The highest BCUT2D eigenvalue weighted by molar-refractivity contribution is 6.12. The van der Waals surface area contributed by atoms with Crippen molar-refractivity contribution in [2.24, 2.45) is 0 Å². The minimum atomic E-state index is 0.618. The van der Waals surface area contributed by atoms with Gasteiger partial charge in [0, 0.05) is 117 Å². The Kier molecular flexibility index (Phi) is 20.3. The highest BCUT2D eigenvalue weighted by Gasteiger charge is 2.24. The van der Waals surface area contributed by atoms with Gasteiger partial charge in [-0.25, -0.2) is 15.0 Å². The molecule has 0 N–H and O–H groups in total. The highest BCUT2D eigenvalue weighted by atomic mass is 16.4. The van der Waals surface area contributed by atoms with Crippen molar-refractivity contribution in [1.82, 2.24) is 28.7 Å². The molecule has 27 aromatic rings. The minimum Gasteiger partial charge on any atom is -0.436 e. The summed E-state index contributed by atoms with van der Waals surface area (Å²) >= 11 is 0. The van der Waals surface area contributed by atoms with Gasteiger partial charge in [-0.15, -0.1) is 0 Å². The Hall–Kier alpha value is -18.7. The Labute approximate surface area is 788 Å². The fourth-order valence-corrected chi connectivity index (χ4v) is 19.6. The summed E-state index contributed by atoms with van der Waals surface area (Å²) in [5, 5.41) is 12.3. The van der Waals surface area contributed by atoms with Crippen LogP contribution in [0.25, 0.3) is 183 Å². The van der Waals surface area contributed by atoms with Gasteiger partial charge in [-0.1, -0.05) is 255 Å². The van der Waals surface area contributed by atoms with Crippen molar-refractivity contribution in [2.45, 2.75) is 0 Å². The zero-order valence-corrected chi connectivity index (χ0v) is 74.2. The predicted octanol–water partition coefficient (Wildman–Crippen LogP) is 34.2. The van der Waals surface area contributed by atoms with E-state index in [1.54, 1.807) is 0 Å². The molecule has 6 heterocycles. The average Bonchev–Trinajstić information content (AvgIpc) is 1.74. The fraction of sp³-hybridized carbons (Fsp3) is 0. The SMILES string of the molecule is c1ccc(-c2ccc(N(c3ccc(-c4nc5ccccc5o4)cc3)c3ccc(-n4c5ccccc5c5ccccc54)cc3)cc2)cc1.c1ccc2c(N(c3ccc(-c4nc5ccccc5o4)cc3)c3ccc(-n4c5ccccc5c5ccccc54)cc3)cccc2c1.c1ccc2cc(N(c3ccc(-c4nc5ccccc5o4)cc3)c3ccc(-n4c5ccccc5c5ccccc54)cc3)ccc2c1. The lowest BCUT2D eigenvalue weighted by molar-refractivity contribution is 0.619. The second kappa shape index (κ2) is 34.6. The Bertz CT molecular complexity index is 8880. The molecule has 6 aromatic heterocycles. The molecule has 27 rings (SSSR count). The van der Waals surface area contributed by atoms with Gasteiger partial charge in [0.25, 0.3) is 0 Å². The van der Waals surface area contributed by atoms with Crippen molar-refractivity contribution in [3.8, 4) is 62.6 Å². The van der Waals surface area contributed by atoms with Crippen LogP contribution in [-0.4, -0.2) is 28.7 Å². The molecule has 0 saturated carbocycles. The van der Waals surface area contributed by atoms with Crippen molar-refractivity contribution in [3.63, 3.8) is 0 Å². The van der Waals surface area contributed by atoms with Gasteiger partial charge in [0.1, 0.15) is 16.6 Å². The van der Waals surface area contributed by atoms with Crippen LogP contribution in [0.15, 0.2) is 517 Å². The monoisotopic (exact) mass is 1760 g/mol. The number of para-hydroxylation sites is 12. The van der Waals surface area contributed by atoms with Crippen molar-refractivity contribution in [3.05, 3.63) is 504 Å². The standard InChI is InChI=1S/C43H29N3O.2C41H27N3O/c1-2-10-30(11-3-1)31-18-22-33(23-19-31)45(34-24-20-32(21-25-34)43-44-39-14-6-9-17-42(39)47-43)35-26-28-36(29-27-35)46-40-15-7-4-12-37(40)38-13-5-8-16-41(38)46;1-2-12-33-28(10-1)11-9-18-37(33)43(30-22-20-29(21-23-30)41-42-36-15-5-8-19-40(36)45-41)31-24-26-32(27-25-31)44-38-16-6-3-13-34(38)35-14-4-7-17-39(35)44;1-2-10-30-27-34(22-17-28(30)9-1)43(31-20-18-29(19-21-31)41-42-37-13-5-8-16-40(37)45-41)32-23-25-33(26-24-32)44-38-14-6-3-11-35(38)36-12-4-7-15-39(36)44/h1-29H;2*1-27H. The van der Waals surface area contributed by atoms with Crippen LogP contribution in [-0.2, 0) is 0 Å². The molecule has 0 bridgehead atoms. The lowest BCUT2D eigenvalue weighted by atomic mass is 10.0. The normalized spacial score (nSPS) is 11.5. The topological polar surface area (TPSA) is 103 Å². The van der Waals surface area contributed by atoms with Gasteiger partial charge in [0.2, 0.25) is 17.7 Å². The van der Waals surface area contributed by atoms with E-state index in [2.05, 4.69) is 453 Å². The zero-order valence-electron chi connectivity index (χ0n) is 74.2. The van der Waals surface area contributed by atoms with Gasteiger partial charge in [-0.05, 0) is 276 Å². The second-order valence-electron chi connectivity index (χ2n) is 34.2. The van der Waals surface area contributed by atoms with Crippen molar-refractivity contribution < 1.29 is 13.3 Å². The van der Waals surface area contributed by atoms with E-state index in [-0.39, 0.29) is 0 Å². The molecule has 0 saturated heterocycles. The Balaban J connectivity index is 0.000000109. The first-order valence-electron chi connectivity index (χ1n) is 46.1. The third kappa shape index (κ3) is 14.9. The lowest BCUT2D eigenvalue weighted by Gasteiger charge is -2.27. The van der Waals surface area contributed by atoms with Crippen LogP contribution in [0.1, 0.15) is 0 Å². The van der Waals surface area contributed by atoms with Crippen LogP contribution >= 0.6 is 0 Å². The molecular weight excluding hydrogens is 1680 g/mol. The van der Waals surface area contributed by atoms with E-state index in [0.29, 0.717) is 17.7 Å². The number of rotatable bonds is 16. The van der Waals surface area contributed by atoms with Gasteiger partial charge in [0.05, 0.1) is 38.8 Å². The van der Waals surface area contributed by atoms with Crippen molar-refractivity contribution in [1.29, 1.82) is 0 Å². The molecule has 12 heteroatoms. The zero-order chi connectivity index (χ0) is 90.6. The molecule has 0 amide bonds. The number of oxazole rings is 3. The predicted molar refractivity (Wildman–Crippen MR) is 566 cm³/mol. The van der Waals surface area contributed by atoms with Crippen molar-refractivity contribution in [2.75, 3.05) is 14.7 Å².